The summed E-state index contributed by atoms with van der Waals surface area (Å²) in [6.07, 6.45) is 3.49. The summed E-state index contributed by atoms with van der Waals surface area (Å²) in [5.74, 6) is 0.590. The lowest BCUT2D eigenvalue weighted by atomic mass is 9.99. The number of likely N-dealkylation sites (tertiary alicyclic amines) is 1. The van der Waals surface area contributed by atoms with E-state index in [2.05, 4.69) is 0 Å². The maximum Gasteiger partial charge on any atom is 0.289 e. The molecule has 0 saturated carbocycles. The molecule has 1 aliphatic rings. The van der Waals surface area contributed by atoms with Crippen molar-refractivity contribution in [2.75, 3.05) is 19.7 Å². The zero-order valence-electron chi connectivity index (χ0n) is 9.48. The SMILES string of the molecule is Cc1ccoc1C(=O)N1CCCC(CO)C1. The molecule has 2 heterocycles. The van der Waals surface area contributed by atoms with Gasteiger partial charge in [-0.3, -0.25) is 4.79 Å². The standard InChI is InChI=1S/C12H17NO3/c1-9-4-6-16-11(9)12(15)13-5-2-3-10(7-13)8-14/h4,6,10,14H,2-3,5,7-8H2,1H3. The Bertz CT molecular complexity index is 372. The van der Waals surface area contributed by atoms with Crippen LogP contribution in [-0.4, -0.2) is 35.6 Å². The highest BCUT2D eigenvalue weighted by atomic mass is 16.3. The number of amides is 1. The van der Waals surface area contributed by atoms with Crippen LogP contribution in [0.3, 0.4) is 0 Å². The van der Waals surface area contributed by atoms with Gasteiger partial charge in [0.05, 0.1) is 6.26 Å². The molecule has 1 amide bonds. The number of carbonyl (C=O) groups excluding carboxylic acids is 1. The molecular formula is C12H17NO3. The average molecular weight is 223 g/mol. The van der Waals surface area contributed by atoms with Crippen molar-refractivity contribution in [1.82, 2.24) is 4.90 Å². The topological polar surface area (TPSA) is 53.7 Å². The molecule has 1 N–H and O–H groups in total. The van der Waals surface area contributed by atoms with Crippen molar-refractivity contribution in [3.8, 4) is 0 Å². The first-order chi connectivity index (χ1) is 7.72. The number of aliphatic hydroxyl groups excluding tert-OH is 1. The lowest BCUT2D eigenvalue weighted by Gasteiger charge is -2.31. The van der Waals surface area contributed by atoms with E-state index >= 15 is 0 Å². The second-order valence-electron chi connectivity index (χ2n) is 4.37. The molecule has 2 rings (SSSR count). The third-order valence-corrected chi connectivity index (χ3v) is 3.12. The van der Waals surface area contributed by atoms with Crippen molar-refractivity contribution in [2.24, 2.45) is 5.92 Å². The molecule has 0 radical (unpaired) electrons. The molecule has 1 aromatic rings. The van der Waals surface area contributed by atoms with E-state index in [1.54, 1.807) is 11.0 Å². The number of aryl methyl sites for hydroxylation is 1. The van der Waals surface area contributed by atoms with E-state index in [1.165, 1.54) is 6.26 Å². The molecule has 0 aromatic carbocycles. The Morgan fingerprint density at radius 3 is 3.12 bits per heavy atom. The fourth-order valence-electron chi connectivity index (χ4n) is 2.13. The van der Waals surface area contributed by atoms with Crippen molar-refractivity contribution < 1.29 is 14.3 Å². The number of rotatable bonds is 2. The van der Waals surface area contributed by atoms with Gasteiger partial charge in [0.2, 0.25) is 0 Å². The van der Waals surface area contributed by atoms with Crippen LogP contribution in [0.1, 0.15) is 29.0 Å². The fourth-order valence-corrected chi connectivity index (χ4v) is 2.13. The quantitative estimate of drug-likeness (QED) is 0.825. The lowest BCUT2D eigenvalue weighted by Crippen LogP contribution is -2.41. The monoisotopic (exact) mass is 223 g/mol. The van der Waals surface area contributed by atoms with Crippen LogP contribution in [0.2, 0.25) is 0 Å². The van der Waals surface area contributed by atoms with Gasteiger partial charge in [0.1, 0.15) is 0 Å². The van der Waals surface area contributed by atoms with E-state index in [4.69, 9.17) is 9.52 Å². The fraction of sp³-hybridized carbons (Fsp3) is 0.583. The smallest absolute Gasteiger partial charge is 0.289 e. The third-order valence-electron chi connectivity index (χ3n) is 3.12. The van der Waals surface area contributed by atoms with Gasteiger partial charge in [-0.05, 0) is 31.7 Å². The first-order valence-corrected chi connectivity index (χ1v) is 5.66. The van der Waals surface area contributed by atoms with E-state index in [-0.39, 0.29) is 18.4 Å². The zero-order chi connectivity index (χ0) is 11.5. The second kappa shape index (κ2) is 4.70. The molecular weight excluding hydrogens is 206 g/mol. The maximum atomic E-state index is 12.1. The van der Waals surface area contributed by atoms with Crippen LogP contribution in [0.5, 0.6) is 0 Å². The molecule has 1 aromatic heterocycles. The van der Waals surface area contributed by atoms with E-state index in [0.717, 1.165) is 24.9 Å². The van der Waals surface area contributed by atoms with Crippen LogP contribution in [0, 0.1) is 12.8 Å². The molecule has 16 heavy (non-hydrogen) atoms. The summed E-state index contributed by atoms with van der Waals surface area (Å²) in [5, 5.41) is 9.11. The molecule has 0 bridgehead atoms. The third kappa shape index (κ3) is 2.11. The summed E-state index contributed by atoms with van der Waals surface area (Å²) in [6.45, 7) is 3.41. The van der Waals surface area contributed by atoms with E-state index in [1.807, 2.05) is 6.92 Å². The molecule has 1 aliphatic heterocycles. The van der Waals surface area contributed by atoms with Crippen LogP contribution in [0.25, 0.3) is 0 Å². The molecule has 4 nitrogen and oxygen atoms in total. The summed E-state index contributed by atoms with van der Waals surface area (Å²) in [6, 6.07) is 1.79. The van der Waals surface area contributed by atoms with Crippen LogP contribution >= 0.6 is 0 Å². The average Bonchev–Trinajstić information content (AvgIpc) is 2.74. The molecule has 0 aliphatic carbocycles. The zero-order valence-corrected chi connectivity index (χ0v) is 9.48. The molecule has 0 spiro atoms. The number of hydrogen-bond donors (Lipinski definition) is 1. The summed E-state index contributed by atoms with van der Waals surface area (Å²) in [5.41, 5.74) is 0.871. The molecule has 88 valence electrons. The Hall–Kier alpha value is -1.29. The number of nitrogens with zero attached hydrogens (tertiary/aromatic N) is 1. The number of piperidine rings is 1. The van der Waals surface area contributed by atoms with Gasteiger partial charge in [-0.1, -0.05) is 0 Å². The number of furan rings is 1. The number of hydrogen-bond acceptors (Lipinski definition) is 3. The summed E-state index contributed by atoms with van der Waals surface area (Å²) in [4.78, 5) is 13.9. The van der Waals surface area contributed by atoms with Crippen LogP contribution < -0.4 is 0 Å². The van der Waals surface area contributed by atoms with Crippen molar-refractivity contribution >= 4 is 5.91 Å². The molecule has 1 atom stereocenters. The Morgan fingerprint density at radius 1 is 1.69 bits per heavy atom. The molecule has 4 heteroatoms. The normalized spacial score (nSPS) is 21.1. The van der Waals surface area contributed by atoms with Gasteiger partial charge in [0.25, 0.3) is 5.91 Å². The Labute approximate surface area is 94.9 Å². The lowest BCUT2D eigenvalue weighted by molar-refractivity contribution is 0.0589. The van der Waals surface area contributed by atoms with Crippen molar-refractivity contribution in [1.29, 1.82) is 0 Å². The van der Waals surface area contributed by atoms with E-state index in [0.29, 0.717) is 12.3 Å². The first kappa shape index (κ1) is 11.2. The van der Waals surface area contributed by atoms with Crippen LogP contribution in [0.4, 0.5) is 0 Å². The van der Waals surface area contributed by atoms with Gasteiger partial charge in [-0.2, -0.15) is 0 Å². The highest BCUT2D eigenvalue weighted by Crippen LogP contribution is 2.19. The highest BCUT2D eigenvalue weighted by molar-refractivity contribution is 5.92. The first-order valence-electron chi connectivity index (χ1n) is 5.66. The van der Waals surface area contributed by atoms with Gasteiger partial charge in [-0.25, -0.2) is 0 Å². The Kier molecular flexibility index (Phi) is 3.29. The Morgan fingerprint density at radius 2 is 2.50 bits per heavy atom. The van der Waals surface area contributed by atoms with Crippen molar-refractivity contribution in [3.63, 3.8) is 0 Å². The van der Waals surface area contributed by atoms with Gasteiger partial charge >= 0.3 is 0 Å². The van der Waals surface area contributed by atoms with E-state index < -0.39 is 0 Å². The maximum absolute atomic E-state index is 12.1. The molecule has 1 fully saturated rings. The van der Waals surface area contributed by atoms with Crippen LogP contribution in [0.15, 0.2) is 16.7 Å². The van der Waals surface area contributed by atoms with Crippen molar-refractivity contribution in [3.05, 3.63) is 23.7 Å². The second-order valence-corrected chi connectivity index (χ2v) is 4.37. The van der Waals surface area contributed by atoms with Gasteiger partial charge in [0.15, 0.2) is 5.76 Å². The van der Waals surface area contributed by atoms with Crippen LogP contribution in [-0.2, 0) is 0 Å². The largest absolute Gasteiger partial charge is 0.459 e. The minimum Gasteiger partial charge on any atom is -0.459 e. The summed E-state index contributed by atoms with van der Waals surface area (Å²) >= 11 is 0. The predicted molar refractivity (Wildman–Crippen MR) is 59.2 cm³/mol. The summed E-state index contributed by atoms with van der Waals surface area (Å²) < 4.78 is 5.19. The van der Waals surface area contributed by atoms with Gasteiger partial charge in [-0.15, -0.1) is 0 Å². The predicted octanol–water partition coefficient (Wildman–Crippen LogP) is 1.43. The highest BCUT2D eigenvalue weighted by Gasteiger charge is 2.26. The molecule has 1 unspecified atom stereocenters. The van der Waals surface area contributed by atoms with Gasteiger partial charge < -0.3 is 14.4 Å². The minimum absolute atomic E-state index is 0.0550. The van der Waals surface area contributed by atoms with E-state index in [9.17, 15) is 4.79 Å². The number of carbonyl (C=O) groups is 1. The Balaban J connectivity index is 2.07. The minimum atomic E-state index is -0.0550. The van der Waals surface area contributed by atoms with Gasteiger partial charge in [0, 0.05) is 25.3 Å². The van der Waals surface area contributed by atoms with Crippen molar-refractivity contribution in [2.45, 2.75) is 19.8 Å². The molecule has 1 saturated heterocycles. The summed E-state index contributed by atoms with van der Waals surface area (Å²) in [7, 11) is 0. The number of aliphatic hydroxyl groups is 1.